The van der Waals surface area contributed by atoms with Gasteiger partial charge < -0.3 is 24.5 Å². The van der Waals surface area contributed by atoms with Gasteiger partial charge in [-0.3, -0.25) is 4.79 Å². The summed E-state index contributed by atoms with van der Waals surface area (Å²) in [5.41, 5.74) is 1.97. The number of ether oxygens (including phenoxy) is 3. The summed E-state index contributed by atoms with van der Waals surface area (Å²) in [7, 11) is 3.04. The Labute approximate surface area is 168 Å². The molecule has 0 spiro atoms. The highest BCUT2D eigenvalue weighted by Gasteiger charge is 2.22. The molecular formula is C22H22N2O5. The fraction of sp³-hybridized carbons (Fsp3) is 0.182. The number of anilines is 1. The van der Waals surface area contributed by atoms with Crippen molar-refractivity contribution < 1.29 is 23.8 Å². The Morgan fingerprint density at radius 2 is 1.76 bits per heavy atom. The molecule has 1 aromatic heterocycles. The molecule has 3 rings (SSSR count). The summed E-state index contributed by atoms with van der Waals surface area (Å²) in [5, 5.41) is 3.38. The van der Waals surface area contributed by atoms with Gasteiger partial charge in [0.2, 0.25) is 5.91 Å². The number of fused-ring (bicyclic) bond motifs is 1. The molecule has 0 aliphatic rings. The number of hydrogen-bond acceptors (Lipinski definition) is 5. The fourth-order valence-corrected chi connectivity index (χ4v) is 2.91. The van der Waals surface area contributed by atoms with Gasteiger partial charge in [-0.05, 0) is 24.6 Å². The number of carbonyl (C=O) groups is 2. The van der Waals surface area contributed by atoms with Gasteiger partial charge in [-0.1, -0.05) is 30.3 Å². The number of hydrogen-bond donors (Lipinski definition) is 2. The van der Waals surface area contributed by atoms with Crippen LogP contribution in [0.15, 0.2) is 48.5 Å². The lowest BCUT2D eigenvalue weighted by Crippen LogP contribution is -2.13. The molecule has 29 heavy (non-hydrogen) atoms. The quantitative estimate of drug-likeness (QED) is 0.467. The van der Waals surface area contributed by atoms with Crippen molar-refractivity contribution in [2.45, 2.75) is 6.92 Å². The zero-order valence-electron chi connectivity index (χ0n) is 16.4. The molecule has 2 aromatic carbocycles. The Bertz CT molecular complexity index is 1050. The van der Waals surface area contributed by atoms with E-state index in [4.69, 9.17) is 14.2 Å². The Balaban J connectivity index is 2.01. The van der Waals surface area contributed by atoms with Gasteiger partial charge in [0.05, 0.1) is 32.0 Å². The minimum Gasteiger partial charge on any atom is -0.493 e. The predicted octanol–water partition coefficient (Wildman–Crippen LogP) is 4.01. The number of carbonyl (C=O) groups excluding carboxylic acids is 2. The average Bonchev–Trinajstić information content (AvgIpc) is 3.09. The van der Waals surface area contributed by atoms with Crippen molar-refractivity contribution in [2.75, 3.05) is 26.1 Å². The summed E-state index contributed by atoms with van der Waals surface area (Å²) in [6, 6.07) is 12.8. The molecule has 3 aromatic rings. The van der Waals surface area contributed by atoms with Crippen LogP contribution in [0.2, 0.25) is 0 Å². The summed E-state index contributed by atoms with van der Waals surface area (Å²) < 4.78 is 15.8. The Kier molecular flexibility index (Phi) is 6.19. The number of esters is 1. The predicted molar refractivity (Wildman–Crippen MR) is 111 cm³/mol. The number of methoxy groups -OCH3 is 2. The molecule has 0 fully saturated rings. The third-order valence-electron chi connectivity index (χ3n) is 4.26. The van der Waals surface area contributed by atoms with E-state index in [0.717, 1.165) is 5.56 Å². The van der Waals surface area contributed by atoms with Gasteiger partial charge in [0.25, 0.3) is 0 Å². The minimum absolute atomic E-state index is 0.151. The zero-order valence-corrected chi connectivity index (χ0v) is 16.4. The van der Waals surface area contributed by atoms with E-state index in [1.807, 2.05) is 30.3 Å². The van der Waals surface area contributed by atoms with Crippen LogP contribution in [-0.2, 0) is 9.53 Å². The molecule has 0 unspecified atom stereocenters. The standard InChI is InChI=1S/C22H22N2O5/c1-4-29-22(26)21-20(24-19(25)11-10-14-8-6-5-7-9-14)15-12-17(27-2)18(28-3)13-16(15)23-21/h5-13,23H,4H2,1-3H3,(H,24,25)/b11-10+. The second-order valence-corrected chi connectivity index (χ2v) is 6.08. The number of benzene rings is 2. The Morgan fingerprint density at radius 1 is 1.07 bits per heavy atom. The molecule has 2 N–H and O–H groups in total. The van der Waals surface area contributed by atoms with Gasteiger partial charge in [-0.25, -0.2) is 4.79 Å². The SMILES string of the molecule is CCOC(=O)c1[nH]c2cc(OC)c(OC)cc2c1NC(=O)/C=C/c1ccccc1. The van der Waals surface area contributed by atoms with Crippen molar-refractivity contribution in [3.05, 3.63) is 59.8 Å². The maximum Gasteiger partial charge on any atom is 0.356 e. The van der Waals surface area contributed by atoms with Crippen LogP contribution in [-0.4, -0.2) is 37.7 Å². The van der Waals surface area contributed by atoms with Crippen molar-refractivity contribution in [3.63, 3.8) is 0 Å². The molecule has 0 bridgehead atoms. The smallest absolute Gasteiger partial charge is 0.356 e. The van der Waals surface area contributed by atoms with Crippen LogP contribution in [0.3, 0.4) is 0 Å². The van der Waals surface area contributed by atoms with Crippen LogP contribution in [0.1, 0.15) is 23.0 Å². The number of amides is 1. The van der Waals surface area contributed by atoms with Crippen LogP contribution in [0.25, 0.3) is 17.0 Å². The van der Waals surface area contributed by atoms with Crippen molar-refractivity contribution >= 4 is 34.5 Å². The van der Waals surface area contributed by atoms with E-state index in [0.29, 0.717) is 28.1 Å². The molecule has 150 valence electrons. The van der Waals surface area contributed by atoms with Crippen LogP contribution < -0.4 is 14.8 Å². The molecule has 0 aliphatic carbocycles. The summed E-state index contributed by atoms with van der Waals surface area (Å²) in [6.07, 6.45) is 3.10. The molecule has 1 amide bonds. The number of aromatic nitrogens is 1. The monoisotopic (exact) mass is 394 g/mol. The van der Waals surface area contributed by atoms with Gasteiger partial charge in [0.15, 0.2) is 11.5 Å². The topological polar surface area (TPSA) is 89.7 Å². The lowest BCUT2D eigenvalue weighted by Gasteiger charge is -2.08. The van der Waals surface area contributed by atoms with Gasteiger partial charge in [0, 0.05) is 17.5 Å². The number of nitrogens with one attached hydrogen (secondary N) is 2. The van der Waals surface area contributed by atoms with E-state index in [-0.39, 0.29) is 18.2 Å². The maximum absolute atomic E-state index is 12.5. The Hall–Kier alpha value is -3.74. The van der Waals surface area contributed by atoms with Gasteiger partial charge >= 0.3 is 5.97 Å². The first-order chi connectivity index (χ1) is 14.1. The summed E-state index contributed by atoms with van der Waals surface area (Å²) >= 11 is 0. The number of aromatic amines is 1. The molecule has 0 saturated heterocycles. The first-order valence-electron chi connectivity index (χ1n) is 9.06. The van der Waals surface area contributed by atoms with Crippen LogP contribution in [0.4, 0.5) is 5.69 Å². The van der Waals surface area contributed by atoms with E-state index in [9.17, 15) is 9.59 Å². The fourth-order valence-electron chi connectivity index (χ4n) is 2.91. The second-order valence-electron chi connectivity index (χ2n) is 6.08. The highest BCUT2D eigenvalue weighted by atomic mass is 16.5. The summed E-state index contributed by atoms with van der Waals surface area (Å²) in [6.45, 7) is 1.93. The molecule has 7 heteroatoms. The first kappa shape index (κ1) is 20.0. The largest absolute Gasteiger partial charge is 0.493 e. The Morgan fingerprint density at radius 3 is 2.41 bits per heavy atom. The number of H-pyrrole nitrogens is 1. The molecule has 0 aliphatic heterocycles. The maximum atomic E-state index is 12.5. The minimum atomic E-state index is -0.566. The van der Waals surface area contributed by atoms with Gasteiger partial charge in [0.1, 0.15) is 5.69 Å². The van der Waals surface area contributed by atoms with E-state index >= 15 is 0 Å². The third kappa shape index (κ3) is 4.40. The second kappa shape index (κ2) is 8.97. The molecule has 0 saturated carbocycles. The average molecular weight is 394 g/mol. The van der Waals surface area contributed by atoms with Crippen molar-refractivity contribution in [1.29, 1.82) is 0 Å². The molecule has 1 heterocycles. The highest BCUT2D eigenvalue weighted by Crippen LogP contribution is 2.37. The highest BCUT2D eigenvalue weighted by molar-refractivity contribution is 6.14. The molecule has 0 radical (unpaired) electrons. The molecular weight excluding hydrogens is 372 g/mol. The number of rotatable bonds is 7. The summed E-state index contributed by atoms with van der Waals surface area (Å²) in [4.78, 5) is 27.9. The van der Waals surface area contributed by atoms with Crippen LogP contribution in [0.5, 0.6) is 11.5 Å². The van der Waals surface area contributed by atoms with Crippen molar-refractivity contribution in [3.8, 4) is 11.5 Å². The van der Waals surface area contributed by atoms with Crippen LogP contribution >= 0.6 is 0 Å². The molecule has 7 nitrogen and oxygen atoms in total. The van der Waals surface area contributed by atoms with E-state index in [1.165, 1.54) is 20.3 Å². The first-order valence-corrected chi connectivity index (χ1v) is 9.06. The van der Waals surface area contributed by atoms with E-state index in [2.05, 4.69) is 10.3 Å². The van der Waals surface area contributed by atoms with E-state index in [1.54, 1.807) is 25.1 Å². The zero-order chi connectivity index (χ0) is 20.8. The lowest BCUT2D eigenvalue weighted by molar-refractivity contribution is -0.111. The van der Waals surface area contributed by atoms with Gasteiger partial charge in [-0.2, -0.15) is 0 Å². The van der Waals surface area contributed by atoms with Crippen molar-refractivity contribution in [2.24, 2.45) is 0 Å². The van der Waals surface area contributed by atoms with Crippen molar-refractivity contribution in [1.82, 2.24) is 4.98 Å². The van der Waals surface area contributed by atoms with Gasteiger partial charge in [-0.15, -0.1) is 0 Å². The van der Waals surface area contributed by atoms with E-state index < -0.39 is 5.97 Å². The van der Waals surface area contributed by atoms with Crippen LogP contribution in [0, 0.1) is 0 Å². The normalized spacial score (nSPS) is 10.9. The molecule has 0 atom stereocenters. The summed E-state index contributed by atoms with van der Waals surface area (Å²) in [5.74, 6) is 0.0299. The third-order valence-corrected chi connectivity index (χ3v) is 4.26. The lowest BCUT2D eigenvalue weighted by atomic mass is 10.2.